The van der Waals surface area contributed by atoms with Crippen LogP contribution in [0.15, 0.2) is 48.5 Å². The largest absolute Gasteiger partial charge is 1.00 e. The second-order valence-corrected chi connectivity index (χ2v) is 5.22. The van der Waals surface area contributed by atoms with E-state index in [1.54, 1.807) is 0 Å². The van der Waals surface area contributed by atoms with Crippen molar-refractivity contribution in [1.82, 2.24) is 0 Å². The van der Waals surface area contributed by atoms with Crippen molar-refractivity contribution in [3.05, 3.63) is 54.1 Å². The first-order chi connectivity index (χ1) is 10.7. The van der Waals surface area contributed by atoms with E-state index in [2.05, 4.69) is 12.2 Å². The third-order valence-corrected chi connectivity index (χ3v) is 3.27. The van der Waals surface area contributed by atoms with Crippen LogP contribution in [0.2, 0.25) is 0 Å². The van der Waals surface area contributed by atoms with Gasteiger partial charge in [0.05, 0.1) is 6.54 Å². The number of anilines is 1. The fourth-order valence-electron chi connectivity index (χ4n) is 2.10. The molecule has 0 spiro atoms. The number of carbonyl (C=O) groups is 1. The molecule has 4 nitrogen and oxygen atoms in total. The number of hydrogen-bond acceptors (Lipinski definition) is 2. The number of hydrogen-bond donors (Lipinski definition) is 2. The van der Waals surface area contributed by atoms with Crippen LogP contribution in [0, 0.1) is 6.92 Å². The van der Waals surface area contributed by atoms with Gasteiger partial charge in [0.25, 0.3) is 5.91 Å². The molecule has 0 radical (unpaired) electrons. The van der Waals surface area contributed by atoms with Gasteiger partial charge in [0.2, 0.25) is 0 Å². The van der Waals surface area contributed by atoms with Gasteiger partial charge in [-0.3, -0.25) is 4.79 Å². The number of nitrogens with one attached hydrogen (secondary N) is 1. The van der Waals surface area contributed by atoms with E-state index in [0.717, 1.165) is 35.7 Å². The molecular formula is C18H23ClN2O2. The highest BCUT2D eigenvalue weighted by Crippen LogP contribution is 2.25. The molecule has 0 aliphatic heterocycles. The predicted molar refractivity (Wildman–Crippen MR) is 88.3 cm³/mol. The quantitative estimate of drug-likeness (QED) is 0.683. The number of quaternary nitrogens is 1. The zero-order valence-electron chi connectivity index (χ0n) is 13.5. The first-order valence-electron chi connectivity index (χ1n) is 7.64. The first kappa shape index (κ1) is 19.0. The van der Waals surface area contributed by atoms with E-state index < -0.39 is 0 Å². The maximum absolute atomic E-state index is 11.8. The smallest absolute Gasteiger partial charge is 0.279 e. The van der Waals surface area contributed by atoms with Crippen molar-refractivity contribution in [1.29, 1.82) is 0 Å². The summed E-state index contributed by atoms with van der Waals surface area (Å²) in [5, 5.41) is 4.95. The third-order valence-electron chi connectivity index (χ3n) is 3.27. The van der Waals surface area contributed by atoms with Crippen molar-refractivity contribution in [2.75, 3.05) is 18.4 Å². The fourth-order valence-corrected chi connectivity index (χ4v) is 2.10. The Morgan fingerprint density at radius 3 is 2.52 bits per heavy atom. The molecule has 0 saturated heterocycles. The van der Waals surface area contributed by atoms with E-state index in [4.69, 9.17) is 4.74 Å². The Morgan fingerprint density at radius 1 is 1.13 bits per heavy atom. The molecule has 1 amide bonds. The summed E-state index contributed by atoms with van der Waals surface area (Å²) in [6, 6.07) is 15.3. The van der Waals surface area contributed by atoms with Gasteiger partial charge in [-0.05, 0) is 49.2 Å². The minimum atomic E-state index is 0. The topological polar surface area (TPSA) is 54.9 Å². The zero-order valence-corrected chi connectivity index (χ0v) is 14.3. The summed E-state index contributed by atoms with van der Waals surface area (Å²) in [6.45, 7) is 5.49. The van der Waals surface area contributed by atoms with Gasteiger partial charge in [0, 0.05) is 5.69 Å². The number of carbonyl (C=O) groups excluding carboxylic acids is 1. The molecule has 23 heavy (non-hydrogen) atoms. The number of benzene rings is 2. The van der Waals surface area contributed by atoms with Gasteiger partial charge in [-0.15, -0.1) is 0 Å². The van der Waals surface area contributed by atoms with Gasteiger partial charge in [-0.2, -0.15) is 0 Å². The van der Waals surface area contributed by atoms with Crippen LogP contribution in [-0.2, 0) is 4.79 Å². The van der Waals surface area contributed by atoms with Crippen LogP contribution >= 0.6 is 0 Å². The summed E-state index contributed by atoms with van der Waals surface area (Å²) in [5.41, 5.74) is 1.81. The Morgan fingerprint density at radius 2 is 1.87 bits per heavy atom. The van der Waals surface area contributed by atoms with Crippen molar-refractivity contribution in [3.63, 3.8) is 0 Å². The Balaban J connectivity index is 0.00000264. The third kappa shape index (κ3) is 6.30. The van der Waals surface area contributed by atoms with Crippen LogP contribution in [0.4, 0.5) is 5.69 Å². The van der Waals surface area contributed by atoms with Crippen molar-refractivity contribution in [2.45, 2.75) is 20.3 Å². The van der Waals surface area contributed by atoms with Crippen molar-refractivity contribution >= 4 is 11.6 Å². The van der Waals surface area contributed by atoms with Crippen LogP contribution in [0.1, 0.15) is 18.9 Å². The van der Waals surface area contributed by atoms with Gasteiger partial charge in [-0.1, -0.05) is 25.1 Å². The second kappa shape index (κ2) is 9.87. The fraction of sp³-hybridized carbons (Fsp3) is 0.278. The maximum Gasteiger partial charge on any atom is 0.279 e. The summed E-state index contributed by atoms with van der Waals surface area (Å²) in [7, 11) is 0. The van der Waals surface area contributed by atoms with Crippen LogP contribution in [0.3, 0.4) is 0 Å². The van der Waals surface area contributed by atoms with E-state index in [0.29, 0.717) is 6.54 Å². The predicted octanol–water partition coefficient (Wildman–Crippen LogP) is -0.297. The van der Waals surface area contributed by atoms with Crippen LogP contribution in [0.25, 0.3) is 0 Å². The average molecular weight is 335 g/mol. The van der Waals surface area contributed by atoms with Gasteiger partial charge in [0.1, 0.15) is 11.5 Å². The molecule has 0 saturated carbocycles. The highest BCUT2D eigenvalue weighted by molar-refractivity contribution is 5.92. The number of halogens is 1. The molecule has 124 valence electrons. The number of para-hydroxylation sites is 1. The Bertz CT molecular complexity index is 618. The lowest BCUT2D eigenvalue weighted by Crippen LogP contribution is -3.00. The zero-order chi connectivity index (χ0) is 15.8. The Hall–Kier alpha value is -2.04. The van der Waals surface area contributed by atoms with Crippen molar-refractivity contribution in [2.24, 2.45) is 0 Å². The van der Waals surface area contributed by atoms with E-state index in [1.165, 1.54) is 0 Å². The molecule has 2 aromatic rings. The standard InChI is InChI=1S/C18H22N2O2.ClH/c1-3-11-19-13-18(21)20-17-10-9-16(12-14(17)2)22-15-7-5-4-6-8-15;/h4-10,12,19H,3,11,13H2,1-2H3,(H,20,21);1H. The molecule has 0 aliphatic carbocycles. The average Bonchev–Trinajstić information content (AvgIpc) is 2.51. The van der Waals surface area contributed by atoms with E-state index in [9.17, 15) is 4.79 Å². The minimum Gasteiger partial charge on any atom is -1.00 e. The van der Waals surface area contributed by atoms with Crippen molar-refractivity contribution < 1.29 is 27.3 Å². The van der Waals surface area contributed by atoms with Gasteiger partial charge < -0.3 is 27.8 Å². The van der Waals surface area contributed by atoms with Gasteiger partial charge >= 0.3 is 0 Å². The van der Waals surface area contributed by atoms with Crippen LogP contribution in [-0.4, -0.2) is 19.0 Å². The number of aryl methyl sites for hydroxylation is 1. The van der Waals surface area contributed by atoms with Gasteiger partial charge in [0.15, 0.2) is 6.54 Å². The van der Waals surface area contributed by atoms with E-state index in [1.807, 2.05) is 60.8 Å². The molecule has 0 atom stereocenters. The normalized spacial score (nSPS) is 9.83. The summed E-state index contributed by atoms with van der Waals surface area (Å²) >= 11 is 0. The summed E-state index contributed by atoms with van der Waals surface area (Å²) in [4.78, 5) is 11.8. The molecule has 3 N–H and O–H groups in total. The lowest BCUT2D eigenvalue weighted by Gasteiger charge is -2.11. The summed E-state index contributed by atoms with van der Waals surface area (Å²) in [6.07, 6.45) is 1.07. The Labute approximate surface area is 143 Å². The van der Waals surface area contributed by atoms with Crippen LogP contribution < -0.4 is 27.8 Å². The second-order valence-electron chi connectivity index (χ2n) is 5.22. The molecule has 5 heteroatoms. The summed E-state index contributed by atoms with van der Waals surface area (Å²) < 4.78 is 5.78. The first-order valence-corrected chi connectivity index (χ1v) is 7.64. The molecule has 2 rings (SSSR count). The monoisotopic (exact) mass is 334 g/mol. The SMILES string of the molecule is CCC[NH2+]CC(=O)Nc1ccc(Oc2ccccc2)cc1C.[Cl-]. The lowest BCUT2D eigenvalue weighted by atomic mass is 10.2. The highest BCUT2D eigenvalue weighted by atomic mass is 35.5. The van der Waals surface area contributed by atoms with Gasteiger partial charge in [-0.25, -0.2) is 0 Å². The molecule has 0 aromatic heterocycles. The number of rotatable bonds is 7. The summed E-state index contributed by atoms with van der Waals surface area (Å²) in [5.74, 6) is 1.58. The Kier molecular flexibility index (Phi) is 8.16. The van der Waals surface area contributed by atoms with E-state index in [-0.39, 0.29) is 18.3 Å². The number of ether oxygens (including phenoxy) is 1. The van der Waals surface area contributed by atoms with E-state index >= 15 is 0 Å². The molecule has 0 fully saturated rings. The molecule has 2 aromatic carbocycles. The molecule has 0 heterocycles. The molecular weight excluding hydrogens is 312 g/mol. The number of nitrogens with two attached hydrogens (primary N) is 1. The molecule has 0 unspecified atom stereocenters. The molecule has 0 aliphatic rings. The minimum absolute atomic E-state index is 0. The maximum atomic E-state index is 11.8. The van der Waals surface area contributed by atoms with Crippen LogP contribution in [0.5, 0.6) is 11.5 Å². The highest BCUT2D eigenvalue weighted by Gasteiger charge is 2.07. The lowest BCUT2D eigenvalue weighted by molar-refractivity contribution is -0.643. The van der Waals surface area contributed by atoms with Crippen molar-refractivity contribution in [3.8, 4) is 11.5 Å². The number of amides is 1. The molecule has 0 bridgehead atoms.